The van der Waals surface area contributed by atoms with Crippen molar-refractivity contribution in [1.82, 2.24) is 25.3 Å². The van der Waals surface area contributed by atoms with Crippen LogP contribution in [0, 0.1) is 5.82 Å². The molecule has 0 aliphatic heterocycles. The van der Waals surface area contributed by atoms with Crippen LogP contribution >= 0.6 is 0 Å². The molecule has 2 N–H and O–H groups in total. The van der Waals surface area contributed by atoms with E-state index in [1.807, 2.05) is 39.2 Å². The molecule has 2 atom stereocenters. The molecule has 0 saturated heterocycles. The zero-order valence-corrected chi connectivity index (χ0v) is 15.2. The Morgan fingerprint density at radius 2 is 2.08 bits per heavy atom. The minimum atomic E-state index is -0.264. The van der Waals surface area contributed by atoms with E-state index in [0.29, 0.717) is 18.5 Å². The van der Waals surface area contributed by atoms with Gasteiger partial charge in [-0.1, -0.05) is 18.2 Å². The van der Waals surface area contributed by atoms with Gasteiger partial charge >= 0.3 is 6.03 Å². The van der Waals surface area contributed by atoms with Gasteiger partial charge in [0.1, 0.15) is 5.82 Å². The van der Waals surface area contributed by atoms with Crippen LogP contribution in [-0.2, 0) is 13.5 Å². The van der Waals surface area contributed by atoms with Gasteiger partial charge in [0.05, 0.1) is 12.2 Å². The topological polar surface area (TPSA) is 62.2 Å². The minimum absolute atomic E-state index is 0.0290. The van der Waals surface area contributed by atoms with Crippen LogP contribution in [0.5, 0.6) is 0 Å². The van der Waals surface area contributed by atoms with Gasteiger partial charge in [-0.2, -0.15) is 5.10 Å². The van der Waals surface area contributed by atoms with Crippen LogP contribution in [0.25, 0.3) is 0 Å². The monoisotopic (exact) mass is 347 g/mol. The number of urea groups is 1. The first-order valence-corrected chi connectivity index (χ1v) is 8.29. The van der Waals surface area contributed by atoms with Crippen LogP contribution in [0.3, 0.4) is 0 Å². The van der Waals surface area contributed by atoms with Crippen LogP contribution in [-0.4, -0.2) is 47.4 Å². The van der Waals surface area contributed by atoms with E-state index in [2.05, 4.69) is 15.7 Å². The van der Waals surface area contributed by atoms with E-state index in [1.54, 1.807) is 29.1 Å². The van der Waals surface area contributed by atoms with Crippen LogP contribution in [0.2, 0.25) is 0 Å². The molecule has 1 aromatic carbocycles. The maximum Gasteiger partial charge on any atom is 0.315 e. The maximum absolute atomic E-state index is 13.7. The zero-order valence-electron chi connectivity index (χ0n) is 15.2. The summed E-state index contributed by atoms with van der Waals surface area (Å²) in [5.41, 5.74) is 1.63. The fourth-order valence-corrected chi connectivity index (χ4v) is 2.72. The van der Waals surface area contributed by atoms with Crippen molar-refractivity contribution in [3.8, 4) is 0 Å². The number of benzene rings is 1. The van der Waals surface area contributed by atoms with Gasteiger partial charge in [-0.15, -0.1) is 0 Å². The molecule has 0 bridgehead atoms. The molecule has 7 heteroatoms. The van der Waals surface area contributed by atoms with Crippen LogP contribution in [0.4, 0.5) is 9.18 Å². The molecule has 136 valence electrons. The number of nitrogens with zero attached hydrogens (tertiary/aromatic N) is 3. The van der Waals surface area contributed by atoms with Crippen molar-refractivity contribution in [2.24, 2.45) is 7.05 Å². The molecule has 0 aliphatic carbocycles. The molecule has 0 spiro atoms. The first kappa shape index (κ1) is 18.9. The van der Waals surface area contributed by atoms with Gasteiger partial charge in [0.2, 0.25) is 0 Å². The summed E-state index contributed by atoms with van der Waals surface area (Å²) >= 11 is 0. The Labute approximate surface area is 148 Å². The second kappa shape index (κ2) is 8.62. The summed E-state index contributed by atoms with van der Waals surface area (Å²) in [7, 11) is 5.77. The summed E-state index contributed by atoms with van der Waals surface area (Å²) < 4.78 is 15.4. The molecule has 2 aromatic rings. The molecule has 0 saturated carbocycles. The normalized spacial score (nSPS) is 13.5. The van der Waals surface area contributed by atoms with Gasteiger partial charge in [0.25, 0.3) is 0 Å². The Balaban J connectivity index is 1.85. The van der Waals surface area contributed by atoms with Crippen LogP contribution in [0.15, 0.2) is 36.7 Å². The van der Waals surface area contributed by atoms with E-state index < -0.39 is 0 Å². The standard InChI is InChI=1S/C18H26FN5O/c1-13(9-14-7-5-6-8-16(14)19)22-18(25)20-11-17(23(2)3)15-10-21-24(4)12-15/h5-8,10,12-13,17H,9,11H2,1-4H3,(H2,20,22,25)/t13-,17+/m1/s1. The highest BCUT2D eigenvalue weighted by atomic mass is 19.1. The number of aryl methyl sites for hydroxylation is 1. The minimum Gasteiger partial charge on any atom is -0.336 e. The zero-order chi connectivity index (χ0) is 18.4. The highest BCUT2D eigenvalue weighted by Gasteiger charge is 2.17. The molecule has 6 nitrogen and oxygen atoms in total. The number of carbonyl (C=O) groups excluding carboxylic acids is 1. The van der Waals surface area contributed by atoms with Gasteiger partial charge in [0, 0.05) is 31.4 Å². The van der Waals surface area contributed by atoms with Gasteiger partial charge in [-0.05, 0) is 39.1 Å². The number of likely N-dealkylation sites (N-methyl/N-ethyl adjacent to an activating group) is 1. The average Bonchev–Trinajstić information content (AvgIpc) is 2.95. The molecule has 1 heterocycles. The molecule has 0 aliphatic rings. The number of aromatic nitrogens is 2. The fourth-order valence-electron chi connectivity index (χ4n) is 2.72. The Kier molecular flexibility index (Phi) is 6.52. The van der Waals surface area contributed by atoms with Crippen molar-refractivity contribution in [2.75, 3.05) is 20.6 Å². The van der Waals surface area contributed by atoms with Gasteiger partial charge < -0.3 is 15.5 Å². The number of nitrogens with one attached hydrogen (secondary N) is 2. The average molecular weight is 347 g/mol. The third-order valence-corrected chi connectivity index (χ3v) is 4.05. The number of hydrogen-bond donors (Lipinski definition) is 2. The predicted molar refractivity (Wildman–Crippen MR) is 95.7 cm³/mol. The second-order valence-corrected chi connectivity index (χ2v) is 6.48. The lowest BCUT2D eigenvalue weighted by Crippen LogP contribution is -2.44. The van der Waals surface area contributed by atoms with Crippen molar-refractivity contribution in [3.05, 3.63) is 53.6 Å². The third-order valence-electron chi connectivity index (χ3n) is 4.05. The van der Waals surface area contributed by atoms with E-state index in [4.69, 9.17) is 0 Å². The second-order valence-electron chi connectivity index (χ2n) is 6.48. The Morgan fingerprint density at radius 1 is 1.36 bits per heavy atom. The molecule has 1 aromatic heterocycles. The number of rotatable bonds is 7. The lowest BCUT2D eigenvalue weighted by molar-refractivity contribution is 0.230. The SMILES string of the molecule is C[C@H](Cc1ccccc1F)NC(=O)NC[C@@H](c1cnn(C)c1)N(C)C. The summed E-state index contributed by atoms with van der Waals surface area (Å²) in [6.45, 7) is 2.31. The van der Waals surface area contributed by atoms with E-state index in [9.17, 15) is 9.18 Å². The third kappa shape index (κ3) is 5.56. The molecule has 25 heavy (non-hydrogen) atoms. The number of hydrogen-bond acceptors (Lipinski definition) is 3. The smallest absolute Gasteiger partial charge is 0.315 e. The van der Waals surface area contributed by atoms with E-state index >= 15 is 0 Å². The summed E-state index contributed by atoms with van der Waals surface area (Å²) in [5.74, 6) is -0.249. The van der Waals surface area contributed by atoms with Gasteiger partial charge in [-0.25, -0.2) is 9.18 Å². The summed E-state index contributed by atoms with van der Waals surface area (Å²) in [6.07, 6.45) is 4.18. The molecule has 2 rings (SSSR count). The Bertz CT molecular complexity index is 700. The first-order chi connectivity index (χ1) is 11.9. The number of amides is 2. The van der Waals surface area contributed by atoms with Crippen molar-refractivity contribution in [2.45, 2.75) is 25.4 Å². The molecule has 0 radical (unpaired) electrons. The van der Waals surface area contributed by atoms with E-state index in [-0.39, 0.29) is 23.9 Å². The molecule has 0 fully saturated rings. The highest BCUT2D eigenvalue weighted by molar-refractivity contribution is 5.74. The van der Waals surface area contributed by atoms with Crippen molar-refractivity contribution < 1.29 is 9.18 Å². The number of halogens is 1. The predicted octanol–water partition coefficient (Wildman–Crippen LogP) is 2.09. The highest BCUT2D eigenvalue weighted by Crippen LogP contribution is 2.16. The quantitative estimate of drug-likeness (QED) is 0.806. The lowest BCUT2D eigenvalue weighted by atomic mass is 10.1. The molecule has 0 unspecified atom stereocenters. The summed E-state index contributed by atoms with van der Waals surface area (Å²) in [5, 5.41) is 9.91. The van der Waals surface area contributed by atoms with Crippen molar-refractivity contribution in [3.63, 3.8) is 0 Å². The van der Waals surface area contributed by atoms with Crippen LogP contribution < -0.4 is 10.6 Å². The maximum atomic E-state index is 13.7. The number of carbonyl (C=O) groups is 1. The Morgan fingerprint density at radius 3 is 2.68 bits per heavy atom. The molecular formula is C18H26FN5O. The van der Waals surface area contributed by atoms with Crippen molar-refractivity contribution >= 4 is 6.03 Å². The molecular weight excluding hydrogens is 321 g/mol. The Hall–Kier alpha value is -2.41. The largest absolute Gasteiger partial charge is 0.336 e. The summed E-state index contributed by atoms with van der Waals surface area (Å²) in [6, 6.07) is 6.20. The van der Waals surface area contributed by atoms with E-state index in [0.717, 1.165) is 5.56 Å². The fraction of sp³-hybridized carbons (Fsp3) is 0.444. The van der Waals surface area contributed by atoms with E-state index in [1.165, 1.54) is 6.07 Å². The summed E-state index contributed by atoms with van der Waals surface area (Å²) in [4.78, 5) is 14.2. The lowest BCUT2D eigenvalue weighted by Gasteiger charge is -2.24. The van der Waals surface area contributed by atoms with Gasteiger partial charge in [0.15, 0.2) is 0 Å². The van der Waals surface area contributed by atoms with Crippen molar-refractivity contribution in [1.29, 1.82) is 0 Å². The first-order valence-electron chi connectivity index (χ1n) is 8.29. The van der Waals surface area contributed by atoms with Crippen LogP contribution in [0.1, 0.15) is 24.1 Å². The molecule has 2 amide bonds. The van der Waals surface area contributed by atoms with Gasteiger partial charge in [-0.3, -0.25) is 4.68 Å².